The van der Waals surface area contributed by atoms with Crippen molar-refractivity contribution in [1.82, 2.24) is 9.80 Å². The summed E-state index contributed by atoms with van der Waals surface area (Å²) < 4.78 is 0. The van der Waals surface area contributed by atoms with Gasteiger partial charge in [0.25, 0.3) is 0 Å². The number of likely N-dealkylation sites (N-methyl/N-ethyl adjacent to an activating group) is 2. The number of amides is 1. The number of rotatable bonds is 5. The molecule has 0 aromatic rings. The van der Waals surface area contributed by atoms with Crippen LogP contribution in [0.4, 0.5) is 0 Å². The predicted molar refractivity (Wildman–Crippen MR) is 66.1 cm³/mol. The number of carbonyl (C=O) groups excluding carboxylic acids is 1. The van der Waals surface area contributed by atoms with Crippen LogP contribution in [0.1, 0.15) is 26.2 Å². The molecule has 1 rings (SSSR count). The summed E-state index contributed by atoms with van der Waals surface area (Å²) in [5.41, 5.74) is 5.79. The van der Waals surface area contributed by atoms with Gasteiger partial charge in [-0.25, -0.2) is 0 Å². The Morgan fingerprint density at radius 3 is 2.56 bits per heavy atom. The lowest BCUT2D eigenvalue weighted by Gasteiger charge is -2.31. The van der Waals surface area contributed by atoms with Gasteiger partial charge >= 0.3 is 0 Å². The Labute approximate surface area is 98.8 Å². The number of carbonyl (C=O) groups is 1. The number of nitrogens with zero attached hydrogens (tertiary/aromatic N) is 2. The van der Waals surface area contributed by atoms with Crippen LogP contribution in [0.3, 0.4) is 0 Å². The summed E-state index contributed by atoms with van der Waals surface area (Å²) in [6, 6.07) is 0.513. The van der Waals surface area contributed by atoms with E-state index in [1.165, 1.54) is 19.3 Å². The van der Waals surface area contributed by atoms with Crippen molar-refractivity contribution >= 4 is 5.91 Å². The van der Waals surface area contributed by atoms with E-state index in [4.69, 9.17) is 5.73 Å². The van der Waals surface area contributed by atoms with Crippen LogP contribution >= 0.6 is 0 Å². The van der Waals surface area contributed by atoms with Crippen molar-refractivity contribution in [3.63, 3.8) is 0 Å². The zero-order valence-electron chi connectivity index (χ0n) is 10.8. The zero-order valence-corrected chi connectivity index (χ0v) is 10.8. The van der Waals surface area contributed by atoms with Crippen molar-refractivity contribution in [3.8, 4) is 0 Å². The van der Waals surface area contributed by atoms with Gasteiger partial charge in [0.15, 0.2) is 0 Å². The van der Waals surface area contributed by atoms with Gasteiger partial charge in [0.1, 0.15) is 0 Å². The fourth-order valence-electron chi connectivity index (χ4n) is 2.55. The molecule has 2 N–H and O–H groups in total. The minimum absolute atomic E-state index is 0.185. The SMILES string of the molecule is CCN(CC(=O)N(C)C)C1CCCC1CN. The Bertz CT molecular complexity index is 230. The minimum Gasteiger partial charge on any atom is -0.348 e. The Kier molecular flexibility index (Phi) is 5.22. The van der Waals surface area contributed by atoms with Gasteiger partial charge in [-0.05, 0) is 31.8 Å². The largest absolute Gasteiger partial charge is 0.348 e. The summed E-state index contributed by atoms with van der Waals surface area (Å²) in [6.07, 6.45) is 3.66. The maximum Gasteiger partial charge on any atom is 0.236 e. The molecule has 1 amide bonds. The Morgan fingerprint density at radius 2 is 2.06 bits per heavy atom. The van der Waals surface area contributed by atoms with Gasteiger partial charge in [0.2, 0.25) is 5.91 Å². The standard InChI is InChI=1S/C12H25N3O/c1-4-15(9-12(16)14(2)3)11-7-5-6-10(11)8-13/h10-11H,4-9,13H2,1-3H3. The second-order valence-electron chi connectivity index (χ2n) is 4.85. The van der Waals surface area contributed by atoms with Gasteiger partial charge in [-0.1, -0.05) is 13.3 Å². The lowest BCUT2D eigenvalue weighted by molar-refractivity contribution is -0.130. The van der Waals surface area contributed by atoms with Crippen molar-refractivity contribution < 1.29 is 4.79 Å². The van der Waals surface area contributed by atoms with Crippen LogP contribution in [-0.4, -0.2) is 55.5 Å². The van der Waals surface area contributed by atoms with Crippen LogP contribution in [-0.2, 0) is 4.79 Å². The minimum atomic E-state index is 0.185. The van der Waals surface area contributed by atoms with Crippen LogP contribution in [0, 0.1) is 5.92 Å². The highest BCUT2D eigenvalue weighted by Crippen LogP contribution is 2.28. The van der Waals surface area contributed by atoms with E-state index >= 15 is 0 Å². The summed E-state index contributed by atoms with van der Waals surface area (Å²) in [5.74, 6) is 0.763. The third-order valence-electron chi connectivity index (χ3n) is 3.63. The van der Waals surface area contributed by atoms with Crippen molar-refractivity contribution in [3.05, 3.63) is 0 Å². The molecule has 94 valence electrons. The van der Waals surface area contributed by atoms with Crippen molar-refractivity contribution in [1.29, 1.82) is 0 Å². The van der Waals surface area contributed by atoms with E-state index in [2.05, 4.69) is 11.8 Å². The highest BCUT2D eigenvalue weighted by Gasteiger charge is 2.31. The fraction of sp³-hybridized carbons (Fsp3) is 0.917. The molecular formula is C12H25N3O. The molecule has 1 saturated carbocycles. The highest BCUT2D eigenvalue weighted by molar-refractivity contribution is 5.77. The van der Waals surface area contributed by atoms with E-state index < -0.39 is 0 Å². The predicted octanol–water partition coefficient (Wildman–Crippen LogP) is 0.524. The molecule has 2 unspecified atom stereocenters. The van der Waals surface area contributed by atoms with E-state index in [0.717, 1.165) is 13.1 Å². The van der Waals surface area contributed by atoms with Crippen LogP contribution in [0.2, 0.25) is 0 Å². The molecule has 0 spiro atoms. The normalized spacial score (nSPS) is 25.1. The smallest absolute Gasteiger partial charge is 0.236 e. The summed E-state index contributed by atoms with van der Waals surface area (Å²) in [4.78, 5) is 15.7. The number of hydrogen-bond acceptors (Lipinski definition) is 3. The van der Waals surface area contributed by atoms with Crippen LogP contribution in [0.5, 0.6) is 0 Å². The summed E-state index contributed by atoms with van der Waals surface area (Å²) >= 11 is 0. The molecule has 1 fully saturated rings. The molecule has 4 heteroatoms. The fourth-order valence-corrected chi connectivity index (χ4v) is 2.55. The second-order valence-corrected chi connectivity index (χ2v) is 4.85. The molecule has 0 aromatic carbocycles. The average Bonchev–Trinajstić information content (AvgIpc) is 2.73. The third-order valence-corrected chi connectivity index (χ3v) is 3.63. The molecular weight excluding hydrogens is 202 g/mol. The molecule has 0 bridgehead atoms. The third kappa shape index (κ3) is 3.19. The number of nitrogens with two attached hydrogens (primary N) is 1. The average molecular weight is 227 g/mol. The van der Waals surface area contributed by atoms with E-state index in [9.17, 15) is 4.79 Å². The first-order valence-corrected chi connectivity index (χ1v) is 6.24. The lowest BCUT2D eigenvalue weighted by Crippen LogP contribution is -2.45. The first kappa shape index (κ1) is 13.5. The Morgan fingerprint density at radius 1 is 1.38 bits per heavy atom. The molecule has 0 aliphatic heterocycles. The van der Waals surface area contributed by atoms with E-state index in [0.29, 0.717) is 18.5 Å². The molecule has 0 radical (unpaired) electrons. The van der Waals surface area contributed by atoms with Crippen molar-refractivity contribution in [2.75, 3.05) is 33.7 Å². The first-order chi connectivity index (χ1) is 7.60. The monoisotopic (exact) mass is 227 g/mol. The lowest BCUT2D eigenvalue weighted by atomic mass is 10.0. The van der Waals surface area contributed by atoms with Crippen molar-refractivity contribution in [2.45, 2.75) is 32.2 Å². The first-order valence-electron chi connectivity index (χ1n) is 6.24. The molecule has 1 aliphatic carbocycles. The summed E-state index contributed by atoms with van der Waals surface area (Å²) in [5, 5.41) is 0. The van der Waals surface area contributed by atoms with Crippen LogP contribution in [0.15, 0.2) is 0 Å². The van der Waals surface area contributed by atoms with Gasteiger partial charge < -0.3 is 10.6 Å². The Hall–Kier alpha value is -0.610. The number of hydrogen-bond donors (Lipinski definition) is 1. The van der Waals surface area contributed by atoms with E-state index in [1.54, 1.807) is 4.90 Å². The Balaban J connectivity index is 2.56. The second kappa shape index (κ2) is 6.21. The van der Waals surface area contributed by atoms with Crippen LogP contribution < -0.4 is 5.73 Å². The molecule has 2 atom stereocenters. The van der Waals surface area contributed by atoms with Gasteiger partial charge in [0.05, 0.1) is 6.54 Å². The van der Waals surface area contributed by atoms with Gasteiger partial charge in [0, 0.05) is 20.1 Å². The summed E-state index contributed by atoms with van der Waals surface area (Å²) in [7, 11) is 3.62. The maximum absolute atomic E-state index is 11.7. The molecule has 0 aromatic heterocycles. The topological polar surface area (TPSA) is 49.6 Å². The molecule has 0 heterocycles. The molecule has 16 heavy (non-hydrogen) atoms. The van der Waals surface area contributed by atoms with Crippen molar-refractivity contribution in [2.24, 2.45) is 11.7 Å². The van der Waals surface area contributed by atoms with E-state index in [-0.39, 0.29) is 5.91 Å². The highest BCUT2D eigenvalue weighted by atomic mass is 16.2. The summed E-state index contributed by atoms with van der Waals surface area (Å²) in [6.45, 7) is 4.33. The van der Waals surface area contributed by atoms with Gasteiger partial charge in [-0.3, -0.25) is 9.69 Å². The molecule has 1 aliphatic rings. The van der Waals surface area contributed by atoms with Gasteiger partial charge in [-0.15, -0.1) is 0 Å². The maximum atomic E-state index is 11.7. The van der Waals surface area contributed by atoms with E-state index in [1.807, 2.05) is 14.1 Å². The quantitative estimate of drug-likeness (QED) is 0.745. The molecule has 0 saturated heterocycles. The molecule has 4 nitrogen and oxygen atoms in total. The van der Waals surface area contributed by atoms with Crippen LogP contribution in [0.25, 0.3) is 0 Å². The van der Waals surface area contributed by atoms with Gasteiger partial charge in [-0.2, -0.15) is 0 Å². The zero-order chi connectivity index (χ0) is 12.1.